The van der Waals surface area contributed by atoms with E-state index >= 15 is 0 Å². The van der Waals surface area contributed by atoms with Gasteiger partial charge in [-0.3, -0.25) is 10.1 Å². The van der Waals surface area contributed by atoms with Crippen LogP contribution in [0.5, 0.6) is 5.75 Å². The number of halogens is 1. The summed E-state index contributed by atoms with van der Waals surface area (Å²) in [5.41, 5.74) is 3.96. The zero-order valence-corrected chi connectivity index (χ0v) is 21.3. The number of ether oxygens (including phenoxy) is 1. The average Bonchev–Trinajstić information content (AvgIpc) is 3.33. The minimum absolute atomic E-state index is 0.175. The molecule has 36 heavy (non-hydrogen) atoms. The van der Waals surface area contributed by atoms with Crippen LogP contribution in [0, 0.1) is 0 Å². The smallest absolute Gasteiger partial charge is 0.257 e. The molecule has 0 bridgehead atoms. The minimum Gasteiger partial charge on any atom is -0.489 e. The Hall–Kier alpha value is -3.78. The van der Waals surface area contributed by atoms with Crippen LogP contribution in [0.4, 0.5) is 5.69 Å². The van der Waals surface area contributed by atoms with E-state index in [1.54, 1.807) is 41.7 Å². The first-order valence-corrected chi connectivity index (χ1v) is 12.7. The number of carbonyl (C=O) groups excluding carboxylic acids is 1. The third kappa shape index (κ3) is 5.71. The lowest BCUT2D eigenvalue weighted by Gasteiger charge is -2.13. The zero-order valence-electron chi connectivity index (χ0n) is 18.9. The second kappa shape index (κ2) is 10.9. The molecule has 2 N–H and O–H groups in total. The number of amides is 1. The van der Waals surface area contributed by atoms with E-state index in [0.29, 0.717) is 28.6 Å². The van der Waals surface area contributed by atoms with Gasteiger partial charge in [-0.2, -0.15) is 0 Å². The molecule has 1 amide bonds. The maximum atomic E-state index is 12.8. The van der Waals surface area contributed by atoms with Crippen LogP contribution in [0.15, 0.2) is 97.1 Å². The Kier molecular flexibility index (Phi) is 7.23. The number of hydrogen-bond acceptors (Lipinski definition) is 5. The Morgan fingerprint density at radius 3 is 2.47 bits per heavy atom. The van der Waals surface area contributed by atoms with Crippen molar-refractivity contribution in [1.82, 2.24) is 10.3 Å². The first-order chi connectivity index (χ1) is 17.5. The highest BCUT2D eigenvalue weighted by Gasteiger charge is 2.14. The lowest BCUT2D eigenvalue weighted by molar-refractivity contribution is 0.0977. The van der Waals surface area contributed by atoms with Gasteiger partial charge in [-0.25, -0.2) is 4.98 Å². The standard InChI is InChI=1S/C28H20ClN3O2S2/c29-20-12-15-23(22(16-20)27-30-24-8-4-5-9-25(24)36-27)31-28(35)32-26(33)19-10-13-21(14-11-19)34-17-18-6-2-1-3-7-18/h1-16H,17H2,(H2,31,32,33,35). The van der Waals surface area contributed by atoms with Crippen molar-refractivity contribution >= 4 is 62.1 Å². The number of carbonyl (C=O) groups is 1. The van der Waals surface area contributed by atoms with E-state index in [-0.39, 0.29) is 11.0 Å². The third-order valence-corrected chi connectivity index (χ3v) is 6.85. The molecule has 0 atom stereocenters. The number of rotatable bonds is 6. The second-order valence-corrected chi connectivity index (χ2v) is 9.76. The summed E-state index contributed by atoms with van der Waals surface area (Å²) in [6.07, 6.45) is 0. The Balaban J connectivity index is 1.24. The van der Waals surface area contributed by atoms with Crippen LogP contribution < -0.4 is 15.4 Å². The molecular formula is C28H20ClN3O2S2. The number of aromatic nitrogens is 1. The van der Waals surface area contributed by atoms with Crippen molar-refractivity contribution in [3.63, 3.8) is 0 Å². The topological polar surface area (TPSA) is 63.2 Å². The maximum Gasteiger partial charge on any atom is 0.257 e. The van der Waals surface area contributed by atoms with Crippen LogP contribution in [0.25, 0.3) is 20.8 Å². The Bertz CT molecular complexity index is 1500. The lowest BCUT2D eigenvalue weighted by Crippen LogP contribution is -2.34. The van der Waals surface area contributed by atoms with Gasteiger partial charge < -0.3 is 10.1 Å². The van der Waals surface area contributed by atoms with Crippen LogP contribution in [-0.4, -0.2) is 16.0 Å². The molecule has 1 aromatic heterocycles. The van der Waals surface area contributed by atoms with E-state index in [2.05, 4.69) is 10.6 Å². The number of thiazole rings is 1. The fraction of sp³-hybridized carbons (Fsp3) is 0.0357. The highest BCUT2D eigenvalue weighted by atomic mass is 35.5. The molecule has 0 radical (unpaired) electrons. The monoisotopic (exact) mass is 529 g/mol. The summed E-state index contributed by atoms with van der Waals surface area (Å²) in [6, 6.07) is 30.2. The molecule has 0 spiro atoms. The van der Waals surface area contributed by atoms with Gasteiger partial charge in [0, 0.05) is 16.1 Å². The van der Waals surface area contributed by atoms with Crippen LogP contribution >= 0.6 is 35.2 Å². The molecule has 0 fully saturated rings. The van der Waals surface area contributed by atoms with Crippen molar-refractivity contribution in [3.8, 4) is 16.3 Å². The summed E-state index contributed by atoms with van der Waals surface area (Å²) < 4.78 is 6.86. The van der Waals surface area contributed by atoms with Crippen LogP contribution in [0.2, 0.25) is 5.02 Å². The van der Waals surface area contributed by atoms with Crippen molar-refractivity contribution < 1.29 is 9.53 Å². The van der Waals surface area contributed by atoms with Crippen molar-refractivity contribution in [2.75, 3.05) is 5.32 Å². The van der Waals surface area contributed by atoms with Gasteiger partial charge >= 0.3 is 0 Å². The predicted molar refractivity (Wildman–Crippen MR) is 151 cm³/mol. The molecule has 8 heteroatoms. The van der Waals surface area contributed by atoms with Gasteiger partial charge in [0.2, 0.25) is 0 Å². The number of fused-ring (bicyclic) bond motifs is 1. The Morgan fingerprint density at radius 1 is 0.944 bits per heavy atom. The third-order valence-electron chi connectivity index (χ3n) is 5.35. The highest BCUT2D eigenvalue weighted by molar-refractivity contribution is 7.80. The van der Waals surface area contributed by atoms with Gasteiger partial charge in [0.15, 0.2) is 5.11 Å². The van der Waals surface area contributed by atoms with Crippen molar-refractivity contribution in [3.05, 3.63) is 113 Å². The summed E-state index contributed by atoms with van der Waals surface area (Å²) in [5, 5.41) is 7.41. The number of hydrogen-bond donors (Lipinski definition) is 2. The Labute approximate surface area is 222 Å². The van der Waals surface area contributed by atoms with Gasteiger partial charge in [-0.1, -0.05) is 54.1 Å². The quantitative estimate of drug-likeness (QED) is 0.226. The van der Waals surface area contributed by atoms with Crippen LogP contribution in [-0.2, 0) is 6.61 Å². The molecule has 0 aliphatic rings. The molecule has 0 unspecified atom stereocenters. The maximum absolute atomic E-state index is 12.8. The molecule has 178 valence electrons. The summed E-state index contributed by atoms with van der Waals surface area (Å²) in [6.45, 7) is 0.457. The molecule has 4 aromatic carbocycles. The molecule has 5 aromatic rings. The van der Waals surface area contributed by atoms with Crippen molar-refractivity contribution in [2.45, 2.75) is 6.61 Å². The van der Waals surface area contributed by atoms with Crippen LogP contribution in [0.3, 0.4) is 0 Å². The second-order valence-electron chi connectivity index (χ2n) is 7.88. The molecule has 0 aliphatic carbocycles. The number of para-hydroxylation sites is 1. The number of anilines is 1. The summed E-state index contributed by atoms with van der Waals surface area (Å²) in [4.78, 5) is 17.5. The van der Waals surface area contributed by atoms with Gasteiger partial charge in [0.25, 0.3) is 5.91 Å². The minimum atomic E-state index is -0.322. The van der Waals surface area contributed by atoms with E-state index in [1.807, 2.05) is 66.7 Å². The van der Waals surface area contributed by atoms with Crippen molar-refractivity contribution in [1.29, 1.82) is 0 Å². The Morgan fingerprint density at radius 2 is 1.69 bits per heavy atom. The molecule has 0 saturated heterocycles. The fourth-order valence-corrected chi connectivity index (χ4v) is 4.93. The van der Waals surface area contributed by atoms with Gasteiger partial charge in [0.05, 0.1) is 15.9 Å². The van der Waals surface area contributed by atoms with E-state index in [0.717, 1.165) is 26.4 Å². The van der Waals surface area contributed by atoms with E-state index < -0.39 is 0 Å². The molecule has 0 saturated carbocycles. The molecule has 1 heterocycles. The largest absolute Gasteiger partial charge is 0.489 e. The zero-order chi connectivity index (χ0) is 24.9. The number of nitrogens with one attached hydrogen (secondary N) is 2. The van der Waals surface area contributed by atoms with Gasteiger partial charge in [-0.05, 0) is 72.4 Å². The van der Waals surface area contributed by atoms with Crippen LogP contribution in [0.1, 0.15) is 15.9 Å². The molecular weight excluding hydrogens is 510 g/mol. The fourth-order valence-electron chi connectivity index (χ4n) is 3.56. The molecule has 5 nitrogen and oxygen atoms in total. The summed E-state index contributed by atoms with van der Waals surface area (Å²) in [7, 11) is 0. The predicted octanol–water partition coefficient (Wildman–Crippen LogP) is 7.32. The molecule has 0 aliphatic heterocycles. The van der Waals surface area contributed by atoms with E-state index in [1.165, 1.54) is 0 Å². The normalized spacial score (nSPS) is 10.7. The first-order valence-electron chi connectivity index (χ1n) is 11.1. The van der Waals surface area contributed by atoms with E-state index in [4.69, 9.17) is 33.5 Å². The molecule has 5 rings (SSSR count). The summed E-state index contributed by atoms with van der Waals surface area (Å²) >= 11 is 13.3. The SMILES string of the molecule is O=C(NC(=S)Nc1ccc(Cl)cc1-c1nc2ccccc2s1)c1ccc(OCc2ccccc2)cc1. The average molecular weight is 530 g/mol. The number of benzene rings is 4. The van der Waals surface area contributed by atoms with Crippen molar-refractivity contribution in [2.24, 2.45) is 0 Å². The van der Waals surface area contributed by atoms with Gasteiger partial charge in [-0.15, -0.1) is 11.3 Å². The lowest BCUT2D eigenvalue weighted by atomic mass is 10.2. The number of nitrogens with zero attached hydrogens (tertiary/aromatic N) is 1. The highest BCUT2D eigenvalue weighted by Crippen LogP contribution is 2.36. The number of thiocarbonyl (C=S) groups is 1. The summed E-state index contributed by atoms with van der Waals surface area (Å²) in [5.74, 6) is 0.357. The van der Waals surface area contributed by atoms with Gasteiger partial charge in [0.1, 0.15) is 17.4 Å². The first kappa shape index (κ1) is 23.9. The van der Waals surface area contributed by atoms with E-state index in [9.17, 15) is 4.79 Å².